The van der Waals surface area contributed by atoms with E-state index in [1.165, 1.54) is 11.6 Å². The normalized spacial score (nSPS) is 10.2. The lowest BCUT2D eigenvalue weighted by Gasteiger charge is -2.11. The summed E-state index contributed by atoms with van der Waals surface area (Å²) in [7, 11) is 0. The number of carboxylic acids is 1. The molecule has 98 valence electrons. The zero-order valence-electron chi connectivity index (χ0n) is 10.8. The maximum absolute atomic E-state index is 10.9. The van der Waals surface area contributed by atoms with Crippen LogP contribution in [0.3, 0.4) is 0 Å². The van der Waals surface area contributed by atoms with Crippen molar-refractivity contribution in [1.29, 1.82) is 0 Å². The number of rotatable bonds is 5. The second-order valence-electron chi connectivity index (χ2n) is 4.25. The molecule has 0 fully saturated rings. The van der Waals surface area contributed by atoms with Gasteiger partial charge < -0.3 is 10.4 Å². The van der Waals surface area contributed by atoms with Gasteiger partial charge in [0.1, 0.15) is 5.82 Å². The van der Waals surface area contributed by atoms with E-state index in [1.54, 1.807) is 12.1 Å². The van der Waals surface area contributed by atoms with Gasteiger partial charge in [0.15, 0.2) is 5.69 Å². The second-order valence-corrected chi connectivity index (χ2v) is 4.25. The average Bonchev–Trinajstić information content (AvgIpc) is 2.41. The molecular weight excluding hydrogens is 240 g/mol. The van der Waals surface area contributed by atoms with Crippen molar-refractivity contribution in [3.8, 4) is 0 Å². The first kappa shape index (κ1) is 13.1. The molecule has 0 aliphatic carbocycles. The van der Waals surface area contributed by atoms with Crippen LogP contribution in [0.1, 0.15) is 29.4 Å². The molecule has 0 unspecified atom stereocenters. The van der Waals surface area contributed by atoms with E-state index in [0.717, 1.165) is 18.5 Å². The third kappa shape index (κ3) is 3.31. The van der Waals surface area contributed by atoms with E-state index in [2.05, 4.69) is 23.3 Å². The molecule has 0 saturated heterocycles. The highest BCUT2D eigenvalue weighted by Crippen LogP contribution is 2.21. The predicted molar refractivity (Wildman–Crippen MR) is 74.9 cm³/mol. The van der Waals surface area contributed by atoms with Crippen LogP contribution in [0.15, 0.2) is 42.5 Å². The van der Waals surface area contributed by atoms with Crippen LogP contribution in [0.5, 0.6) is 0 Å². The second kappa shape index (κ2) is 6.00. The average molecular weight is 256 g/mol. The van der Waals surface area contributed by atoms with Crippen LogP contribution in [-0.2, 0) is 6.42 Å². The van der Waals surface area contributed by atoms with Crippen LogP contribution in [0.2, 0.25) is 0 Å². The Morgan fingerprint density at radius 2 is 2.00 bits per heavy atom. The van der Waals surface area contributed by atoms with Gasteiger partial charge >= 0.3 is 5.97 Å². The van der Waals surface area contributed by atoms with Gasteiger partial charge in [0, 0.05) is 5.69 Å². The summed E-state index contributed by atoms with van der Waals surface area (Å²) in [6.07, 6.45) is 2.03. The van der Waals surface area contributed by atoms with E-state index in [4.69, 9.17) is 5.11 Å². The van der Waals surface area contributed by atoms with Gasteiger partial charge in [-0.3, -0.25) is 0 Å². The van der Waals surface area contributed by atoms with E-state index in [-0.39, 0.29) is 5.69 Å². The number of carbonyl (C=O) groups is 1. The number of hydrogen-bond donors (Lipinski definition) is 2. The molecule has 0 amide bonds. The molecule has 2 N–H and O–H groups in total. The number of aromatic nitrogens is 1. The first-order chi connectivity index (χ1) is 9.20. The molecule has 1 aromatic carbocycles. The maximum atomic E-state index is 10.9. The number of aryl methyl sites for hydroxylation is 1. The topological polar surface area (TPSA) is 62.2 Å². The molecule has 0 spiro atoms. The van der Waals surface area contributed by atoms with Gasteiger partial charge in [0.05, 0.1) is 0 Å². The van der Waals surface area contributed by atoms with Crippen molar-refractivity contribution in [2.75, 3.05) is 5.32 Å². The molecule has 1 heterocycles. The standard InChI is InChI=1S/C15H16N2O2/c1-2-6-11-7-3-4-8-12(11)16-14-10-5-9-13(17-14)15(18)19/h3-5,7-10H,2,6H2,1H3,(H,16,17)(H,18,19). The predicted octanol–water partition coefficient (Wildman–Crippen LogP) is 3.48. The maximum Gasteiger partial charge on any atom is 0.354 e. The Hall–Kier alpha value is -2.36. The lowest BCUT2D eigenvalue weighted by Crippen LogP contribution is -2.03. The number of aromatic carboxylic acids is 1. The van der Waals surface area contributed by atoms with Gasteiger partial charge in [-0.15, -0.1) is 0 Å². The molecule has 0 saturated carbocycles. The number of hydrogen-bond acceptors (Lipinski definition) is 3. The van der Waals surface area contributed by atoms with E-state index >= 15 is 0 Å². The molecule has 0 atom stereocenters. The van der Waals surface area contributed by atoms with Crippen molar-refractivity contribution in [1.82, 2.24) is 4.98 Å². The highest BCUT2D eigenvalue weighted by Gasteiger charge is 2.06. The van der Waals surface area contributed by atoms with Crippen LogP contribution < -0.4 is 5.32 Å². The molecular formula is C15H16N2O2. The molecule has 0 aliphatic rings. The van der Waals surface area contributed by atoms with Crippen LogP contribution in [0.25, 0.3) is 0 Å². The highest BCUT2D eigenvalue weighted by atomic mass is 16.4. The fourth-order valence-electron chi connectivity index (χ4n) is 1.89. The number of nitrogens with one attached hydrogen (secondary N) is 1. The molecule has 2 aromatic rings. The first-order valence-corrected chi connectivity index (χ1v) is 6.26. The molecule has 4 nitrogen and oxygen atoms in total. The van der Waals surface area contributed by atoms with Crippen molar-refractivity contribution >= 4 is 17.5 Å². The Bertz CT molecular complexity index is 582. The SMILES string of the molecule is CCCc1ccccc1Nc1cccc(C(=O)O)n1. The quantitative estimate of drug-likeness (QED) is 0.859. The minimum absolute atomic E-state index is 0.0398. The molecule has 4 heteroatoms. The third-order valence-corrected chi connectivity index (χ3v) is 2.77. The summed E-state index contributed by atoms with van der Waals surface area (Å²) in [6, 6.07) is 12.9. The lowest BCUT2D eigenvalue weighted by atomic mass is 10.1. The Labute approximate surface area is 112 Å². The fourth-order valence-corrected chi connectivity index (χ4v) is 1.89. The van der Waals surface area contributed by atoms with Crippen LogP contribution in [0.4, 0.5) is 11.5 Å². The largest absolute Gasteiger partial charge is 0.477 e. The lowest BCUT2D eigenvalue weighted by molar-refractivity contribution is 0.0690. The van der Waals surface area contributed by atoms with Gasteiger partial charge in [-0.1, -0.05) is 37.6 Å². The van der Waals surface area contributed by atoms with E-state index in [9.17, 15) is 4.79 Å². The van der Waals surface area contributed by atoms with Crippen molar-refractivity contribution in [2.45, 2.75) is 19.8 Å². The number of nitrogens with zero attached hydrogens (tertiary/aromatic N) is 1. The van der Waals surface area contributed by atoms with Gasteiger partial charge in [-0.2, -0.15) is 0 Å². The Morgan fingerprint density at radius 1 is 1.21 bits per heavy atom. The summed E-state index contributed by atoms with van der Waals surface area (Å²) in [5.74, 6) is -0.478. The number of benzene rings is 1. The van der Waals surface area contributed by atoms with Crippen LogP contribution >= 0.6 is 0 Å². The zero-order valence-corrected chi connectivity index (χ0v) is 10.8. The van der Waals surface area contributed by atoms with Gasteiger partial charge in [0.25, 0.3) is 0 Å². The Balaban J connectivity index is 2.26. The van der Waals surface area contributed by atoms with Crippen LogP contribution in [-0.4, -0.2) is 16.1 Å². The molecule has 1 aromatic heterocycles. The minimum Gasteiger partial charge on any atom is -0.477 e. The summed E-state index contributed by atoms with van der Waals surface area (Å²) in [5.41, 5.74) is 2.21. The summed E-state index contributed by atoms with van der Waals surface area (Å²) >= 11 is 0. The van der Waals surface area contributed by atoms with Crippen molar-refractivity contribution < 1.29 is 9.90 Å². The van der Waals surface area contributed by atoms with E-state index in [1.807, 2.05) is 18.2 Å². The third-order valence-electron chi connectivity index (χ3n) is 2.77. The number of para-hydroxylation sites is 1. The Kier molecular flexibility index (Phi) is 4.13. The van der Waals surface area contributed by atoms with E-state index < -0.39 is 5.97 Å². The fraction of sp³-hybridized carbons (Fsp3) is 0.200. The van der Waals surface area contributed by atoms with Crippen molar-refractivity contribution in [3.63, 3.8) is 0 Å². The minimum atomic E-state index is -1.02. The molecule has 2 rings (SSSR count). The highest BCUT2D eigenvalue weighted by molar-refractivity contribution is 5.85. The zero-order chi connectivity index (χ0) is 13.7. The molecule has 0 bridgehead atoms. The number of carboxylic acid groups (broad SMARTS) is 1. The monoisotopic (exact) mass is 256 g/mol. The van der Waals surface area contributed by atoms with Gasteiger partial charge in [0.2, 0.25) is 0 Å². The number of anilines is 2. The smallest absolute Gasteiger partial charge is 0.354 e. The first-order valence-electron chi connectivity index (χ1n) is 6.26. The van der Waals surface area contributed by atoms with E-state index in [0.29, 0.717) is 5.82 Å². The van der Waals surface area contributed by atoms with Gasteiger partial charge in [-0.05, 0) is 30.2 Å². The number of pyridine rings is 1. The van der Waals surface area contributed by atoms with Crippen LogP contribution in [0, 0.1) is 0 Å². The Morgan fingerprint density at radius 3 is 2.74 bits per heavy atom. The summed E-state index contributed by atoms with van der Waals surface area (Å²) in [5, 5.41) is 12.1. The van der Waals surface area contributed by atoms with Gasteiger partial charge in [-0.25, -0.2) is 9.78 Å². The van der Waals surface area contributed by atoms with Crippen molar-refractivity contribution in [3.05, 3.63) is 53.7 Å². The molecule has 19 heavy (non-hydrogen) atoms. The van der Waals surface area contributed by atoms with Crippen molar-refractivity contribution in [2.24, 2.45) is 0 Å². The molecule has 0 aliphatic heterocycles. The molecule has 0 radical (unpaired) electrons. The summed E-state index contributed by atoms with van der Waals surface area (Å²) in [4.78, 5) is 14.9. The summed E-state index contributed by atoms with van der Waals surface area (Å²) in [6.45, 7) is 2.13. The summed E-state index contributed by atoms with van der Waals surface area (Å²) < 4.78 is 0.